The highest BCUT2D eigenvalue weighted by molar-refractivity contribution is 5.29. The first kappa shape index (κ1) is 13.4. The van der Waals surface area contributed by atoms with Crippen molar-refractivity contribution in [1.29, 1.82) is 0 Å². The van der Waals surface area contributed by atoms with Gasteiger partial charge in [-0.25, -0.2) is 0 Å². The average molecular weight is 259 g/mol. The van der Waals surface area contributed by atoms with E-state index in [1.165, 1.54) is 6.07 Å². The van der Waals surface area contributed by atoms with Crippen molar-refractivity contribution in [3.05, 3.63) is 35.4 Å². The maximum Gasteiger partial charge on any atom is 0.416 e. The number of hydrogen-bond donors (Lipinski definition) is 1. The van der Waals surface area contributed by atoms with Gasteiger partial charge in [-0.15, -0.1) is 0 Å². The van der Waals surface area contributed by atoms with Gasteiger partial charge in [-0.2, -0.15) is 13.2 Å². The molecule has 5 heteroatoms. The first-order chi connectivity index (χ1) is 8.57. The third kappa shape index (κ3) is 3.46. The van der Waals surface area contributed by atoms with Crippen LogP contribution in [0.3, 0.4) is 0 Å². The summed E-state index contributed by atoms with van der Waals surface area (Å²) in [6.45, 7) is 2.02. The Bertz CT molecular complexity index is 386. The van der Waals surface area contributed by atoms with Gasteiger partial charge in [0.2, 0.25) is 0 Å². The first-order valence-corrected chi connectivity index (χ1v) is 6.03. The monoisotopic (exact) mass is 259 g/mol. The minimum atomic E-state index is -4.27. The Morgan fingerprint density at radius 3 is 2.72 bits per heavy atom. The average Bonchev–Trinajstić information content (AvgIpc) is 2.37. The Balaban J connectivity index is 2.00. The fourth-order valence-electron chi connectivity index (χ4n) is 2.15. The number of aryl methyl sites for hydroxylation is 1. The Kier molecular flexibility index (Phi) is 4.24. The number of hydrogen-bond acceptors (Lipinski definition) is 2. The topological polar surface area (TPSA) is 21.3 Å². The predicted molar refractivity (Wildman–Crippen MR) is 62.4 cm³/mol. The van der Waals surface area contributed by atoms with E-state index >= 15 is 0 Å². The lowest BCUT2D eigenvalue weighted by Gasteiger charge is -2.24. The minimum Gasteiger partial charge on any atom is -0.379 e. The second kappa shape index (κ2) is 5.71. The molecule has 2 nitrogen and oxygen atoms in total. The zero-order valence-electron chi connectivity index (χ0n) is 9.96. The smallest absolute Gasteiger partial charge is 0.379 e. The molecule has 1 saturated heterocycles. The van der Waals surface area contributed by atoms with Gasteiger partial charge in [0.1, 0.15) is 0 Å². The standard InChI is InChI=1S/C13H16F3NO/c14-13(15,16)12-4-2-1-3-10(12)5-6-11-9-18-8-7-17-11/h1-4,11,17H,5-9H2. The molecule has 1 aliphatic rings. The summed E-state index contributed by atoms with van der Waals surface area (Å²) < 4.78 is 43.6. The molecule has 1 aromatic carbocycles. The van der Waals surface area contributed by atoms with Crippen molar-refractivity contribution in [3.8, 4) is 0 Å². The molecule has 1 fully saturated rings. The number of morpholine rings is 1. The Hall–Kier alpha value is -1.07. The van der Waals surface area contributed by atoms with Crippen LogP contribution in [0.15, 0.2) is 24.3 Å². The maximum absolute atomic E-state index is 12.8. The molecule has 0 amide bonds. The van der Waals surface area contributed by atoms with Crippen molar-refractivity contribution in [1.82, 2.24) is 5.32 Å². The van der Waals surface area contributed by atoms with Gasteiger partial charge in [-0.05, 0) is 24.5 Å². The molecule has 18 heavy (non-hydrogen) atoms. The number of halogens is 3. The number of ether oxygens (including phenoxy) is 1. The van der Waals surface area contributed by atoms with Crippen molar-refractivity contribution in [2.24, 2.45) is 0 Å². The van der Waals surface area contributed by atoms with E-state index in [1.807, 2.05) is 0 Å². The van der Waals surface area contributed by atoms with Gasteiger partial charge in [-0.3, -0.25) is 0 Å². The van der Waals surface area contributed by atoms with E-state index in [-0.39, 0.29) is 6.04 Å². The van der Waals surface area contributed by atoms with Crippen molar-refractivity contribution < 1.29 is 17.9 Å². The lowest BCUT2D eigenvalue weighted by molar-refractivity contribution is -0.138. The zero-order chi connectivity index (χ0) is 13.0. The molecule has 1 heterocycles. The van der Waals surface area contributed by atoms with Crippen LogP contribution in [0.5, 0.6) is 0 Å². The normalized spacial score (nSPS) is 20.9. The van der Waals surface area contributed by atoms with Crippen LogP contribution in [0.1, 0.15) is 17.5 Å². The molecule has 0 aromatic heterocycles. The molecule has 0 aliphatic carbocycles. The van der Waals surface area contributed by atoms with Crippen LogP contribution in [-0.4, -0.2) is 25.8 Å². The highest BCUT2D eigenvalue weighted by atomic mass is 19.4. The van der Waals surface area contributed by atoms with Crippen LogP contribution in [0.4, 0.5) is 13.2 Å². The van der Waals surface area contributed by atoms with Crippen molar-refractivity contribution in [3.63, 3.8) is 0 Å². The van der Waals surface area contributed by atoms with Crippen LogP contribution in [0.25, 0.3) is 0 Å². The second-order valence-electron chi connectivity index (χ2n) is 4.42. The van der Waals surface area contributed by atoms with Gasteiger partial charge in [-0.1, -0.05) is 18.2 Å². The summed E-state index contributed by atoms with van der Waals surface area (Å²) >= 11 is 0. The molecule has 1 N–H and O–H groups in total. The summed E-state index contributed by atoms with van der Waals surface area (Å²) in [7, 11) is 0. The first-order valence-electron chi connectivity index (χ1n) is 6.03. The highest BCUT2D eigenvalue weighted by Crippen LogP contribution is 2.32. The second-order valence-corrected chi connectivity index (χ2v) is 4.42. The molecular weight excluding hydrogens is 243 g/mol. The molecule has 1 aliphatic heterocycles. The lowest BCUT2D eigenvalue weighted by Crippen LogP contribution is -2.41. The summed E-state index contributed by atoms with van der Waals surface area (Å²) in [6, 6.07) is 5.91. The SMILES string of the molecule is FC(F)(F)c1ccccc1CCC1COCCN1. The Morgan fingerprint density at radius 1 is 1.28 bits per heavy atom. The predicted octanol–water partition coefficient (Wildman–Crippen LogP) is 2.63. The number of benzene rings is 1. The zero-order valence-corrected chi connectivity index (χ0v) is 9.96. The van der Waals surface area contributed by atoms with E-state index < -0.39 is 11.7 Å². The summed E-state index contributed by atoms with van der Waals surface area (Å²) in [4.78, 5) is 0. The van der Waals surface area contributed by atoms with Crippen LogP contribution in [0.2, 0.25) is 0 Å². The van der Waals surface area contributed by atoms with Crippen molar-refractivity contribution >= 4 is 0 Å². The molecule has 100 valence electrons. The van der Waals surface area contributed by atoms with E-state index in [4.69, 9.17) is 4.74 Å². The molecule has 0 bridgehead atoms. The van der Waals surface area contributed by atoms with Crippen LogP contribution in [-0.2, 0) is 17.3 Å². The van der Waals surface area contributed by atoms with E-state index in [9.17, 15) is 13.2 Å². The third-order valence-electron chi connectivity index (χ3n) is 3.08. The van der Waals surface area contributed by atoms with E-state index in [1.54, 1.807) is 12.1 Å². The van der Waals surface area contributed by atoms with Gasteiger partial charge in [0.05, 0.1) is 18.8 Å². The van der Waals surface area contributed by atoms with Crippen molar-refractivity contribution in [2.75, 3.05) is 19.8 Å². The Labute approximate surface area is 104 Å². The van der Waals surface area contributed by atoms with Gasteiger partial charge in [0, 0.05) is 12.6 Å². The van der Waals surface area contributed by atoms with Gasteiger partial charge in [0.15, 0.2) is 0 Å². The fraction of sp³-hybridized carbons (Fsp3) is 0.538. The molecule has 1 aromatic rings. The van der Waals surface area contributed by atoms with E-state index in [2.05, 4.69) is 5.32 Å². The minimum absolute atomic E-state index is 0.153. The van der Waals surface area contributed by atoms with Gasteiger partial charge >= 0.3 is 6.18 Å². The molecule has 1 unspecified atom stereocenters. The molecule has 2 rings (SSSR count). The van der Waals surface area contributed by atoms with Crippen molar-refractivity contribution in [2.45, 2.75) is 25.1 Å². The highest BCUT2D eigenvalue weighted by Gasteiger charge is 2.32. The molecular formula is C13H16F3NO. The number of alkyl halides is 3. The lowest BCUT2D eigenvalue weighted by atomic mass is 10.00. The quantitative estimate of drug-likeness (QED) is 0.901. The van der Waals surface area contributed by atoms with Crippen LogP contribution in [0, 0.1) is 0 Å². The fourth-order valence-corrected chi connectivity index (χ4v) is 2.15. The summed E-state index contributed by atoms with van der Waals surface area (Å²) in [5, 5.41) is 3.24. The molecule has 0 radical (unpaired) electrons. The number of nitrogens with one attached hydrogen (secondary N) is 1. The molecule has 1 atom stereocenters. The van der Waals surface area contributed by atoms with Crippen LogP contribution >= 0.6 is 0 Å². The van der Waals surface area contributed by atoms with E-state index in [0.29, 0.717) is 31.6 Å². The van der Waals surface area contributed by atoms with Gasteiger partial charge < -0.3 is 10.1 Å². The Morgan fingerprint density at radius 2 is 2.06 bits per heavy atom. The summed E-state index contributed by atoms with van der Waals surface area (Å²) in [5.74, 6) is 0. The number of rotatable bonds is 3. The summed E-state index contributed by atoms with van der Waals surface area (Å²) in [5.41, 5.74) is -0.167. The van der Waals surface area contributed by atoms with Crippen LogP contribution < -0.4 is 5.32 Å². The molecule has 0 saturated carbocycles. The third-order valence-corrected chi connectivity index (χ3v) is 3.08. The molecule has 0 spiro atoms. The van der Waals surface area contributed by atoms with E-state index in [0.717, 1.165) is 12.6 Å². The largest absolute Gasteiger partial charge is 0.416 e. The maximum atomic E-state index is 12.8. The van der Waals surface area contributed by atoms with Gasteiger partial charge in [0.25, 0.3) is 0 Å². The summed E-state index contributed by atoms with van der Waals surface area (Å²) in [6.07, 6.45) is -3.20.